The molecule has 0 atom stereocenters. The molecule has 1 rings (SSSR count). The normalized spacial score (nSPS) is 10.2. The van der Waals surface area contributed by atoms with Crippen molar-refractivity contribution >= 4 is 27.5 Å². The van der Waals surface area contributed by atoms with Crippen molar-refractivity contribution in [2.24, 2.45) is 0 Å². The van der Waals surface area contributed by atoms with Crippen LogP contribution in [-0.2, 0) is 0 Å². The molecule has 0 aliphatic rings. The van der Waals surface area contributed by atoms with Crippen LogP contribution in [0, 0.1) is 12.7 Å². The lowest BCUT2D eigenvalue weighted by molar-refractivity contribution is 0.468. The molecule has 0 aliphatic heterocycles. The van der Waals surface area contributed by atoms with Crippen LogP contribution >= 0.6 is 27.5 Å². The topological polar surface area (TPSA) is 20.2 Å². The molecule has 0 heterocycles. The number of rotatable bonds is 0. The summed E-state index contributed by atoms with van der Waals surface area (Å²) in [6.07, 6.45) is 0. The molecule has 0 aliphatic carbocycles. The molecule has 1 aromatic rings. The molecule has 0 saturated carbocycles. The van der Waals surface area contributed by atoms with Crippen LogP contribution in [0.15, 0.2) is 10.5 Å². The van der Waals surface area contributed by atoms with Crippen molar-refractivity contribution in [3.05, 3.63) is 26.9 Å². The molecule has 0 radical (unpaired) electrons. The number of hydrogen-bond donors (Lipinski definition) is 1. The Kier molecular flexibility index (Phi) is 2.40. The summed E-state index contributed by atoms with van der Waals surface area (Å²) in [5.74, 6) is -0.551. The molecule has 1 N–H and O–H groups in total. The Morgan fingerprint density at radius 1 is 1.64 bits per heavy atom. The molecule has 0 spiro atoms. The van der Waals surface area contributed by atoms with Gasteiger partial charge in [0.25, 0.3) is 0 Å². The van der Waals surface area contributed by atoms with E-state index in [0.29, 0.717) is 10.0 Å². The van der Waals surface area contributed by atoms with Gasteiger partial charge in [0.15, 0.2) is 0 Å². The number of hydrogen-bond acceptors (Lipinski definition) is 1. The van der Waals surface area contributed by atoms with Crippen molar-refractivity contribution in [2.45, 2.75) is 6.92 Å². The number of phenolic OH excluding ortho intramolecular Hbond substituents is 1. The van der Waals surface area contributed by atoms with Gasteiger partial charge in [-0.1, -0.05) is 11.6 Å². The summed E-state index contributed by atoms with van der Waals surface area (Å²) in [6.45, 7) is 1.55. The van der Waals surface area contributed by atoms with Crippen molar-refractivity contribution in [2.75, 3.05) is 0 Å². The lowest BCUT2D eigenvalue weighted by Gasteiger charge is -2.03. The fourth-order valence-corrected chi connectivity index (χ4v) is 1.38. The van der Waals surface area contributed by atoms with E-state index >= 15 is 0 Å². The third-order valence-corrected chi connectivity index (χ3v) is 2.63. The summed E-state index contributed by atoms with van der Waals surface area (Å²) in [6, 6.07) is 1.08. The van der Waals surface area contributed by atoms with E-state index in [4.69, 9.17) is 16.7 Å². The van der Waals surface area contributed by atoms with E-state index in [2.05, 4.69) is 15.9 Å². The Hall–Kier alpha value is -0.280. The van der Waals surface area contributed by atoms with Crippen LogP contribution in [0.5, 0.6) is 5.75 Å². The van der Waals surface area contributed by atoms with Crippen LogP contribution in [0.3, 0.4) is 0 Å². The second kappa shape index (κ2) is 2.99. The van der Waals surface area contributed by atoms with Crippen LogP contribution in [0.4, 0.5) is 4.39 Å². The molecule has 11 heavy (non-hydrogen) atoms. The van der Waals surface area contributed by atoms with E-state index in [1.807, 2.05) is 0 Å². The van der Waals surface area contributed by atoms with E-state index in [0.717, 1.165) is 6.07 Å². The molecule has 0 aromatic heterocycles. The molecule has 1 aromatic carbocycles. The zero-order chi connectivity index (χ0) is 8.59. The highest BCUT2D eigenvalue weighted by Crippen LogP contribution is 2.35. The molecular formula is C7H5BrClFO. The average molecular weight is 239 g/mol. The first kappa shape index (κ1) is 8.81. The van der Waals surface area contributed by atoms with Gasteiger partial charge in [-0.2, -0.15) is 0 Å². The summed E-state index contributed by atoms with van der Waals surface area (Å²) < 4.78 is 13.1. The molecule has 0 amide bonds. The standard InChI is InChI=1S/C7H5BrClFO/c1-3-5(10)2-4(9)7(11)6(3)8/h2,11H,1H3. The Morgan fingerprint density at radius 3 is 2.73 bits per heavy atom. The summed E-state index contributed by atoms with van der Waals surface area (Å²) in [5.41, 5.74) is 0.354. The lowest BCUT2D eigenvalue weighted by atomic mass is 10.2. The number of phenols is 1. The minimum atomic E-state index is -0.431. The third kappa shape index (κ3) is 1.49. The molecule has 0 saturated heterocycles. The maximum Gasteiger partial charge on any atom is 0.148 e. The number of halogens is 3. The van der Waals surface area contributed by atoms with Crippen molar-refractivity contribution < 1.29 is 9.50 Å². The first-order valence-corrected chi connectivity index (χ1v) is 4.04. The first-order valence-electron chi connectivity index (χ1n) is 2.87. The smallest absolute Gasteiger partial charge is 0.148 e. The SMILES string of the molecule is Cc1c(F)cc(Cl)c(O)c1Br. The van der Waals surface area contributed by atoms with Gasteiger partial charge in [0.05, 0.1) is 9.50 Å². The lowest BCUT2D eigenvalue weighted by Crippen LogP contribution is -1.84. The quantitative estimate of drug-likeness (QED) is 0.737. The second-order valence-corrected chi connectivity index (χ2v) is 3.33. The van der Waals surface area contributed by atoms with Crippen LogP contribution in [-0.4, -0.2) is 5.11 Å². The fourth-order valence-electron chi connectivity index (χ4n) is 0.675. The van der Waals surface area contributed by atoms with E-state index in [1.54, 1.807) is 6.92 Å². The maximum atomic E-state index is 12.8. The van der Waals surface area contributed by atoms with Gasteiger partial charge in [0.1, 0.15) is 11.6 Å². The largest absolute Gasteiger partial charge is 0.505 e. The fraction of sp³-hybridized carbons (Fsp3) is 0.143. The molecular weight excluding hydrogens is 234 g/mol. The zero-order valence-corrected chi connectivity index (χ0v) is 8.00. The van der Waals surface area contributed by atoms with Gasteiger partial charge in [-0.25, -0.2) is 4.39 Å². The van der Waals surface area contributed by atoms with Gasteiger partial charge in [0, 0.05) is 5.56 Å². The minimum absolute atomic E-state index is 0.0139. The third-order valence-electron chi connectivity index (χ3n) is 1.38. The highest BCUT2D eigenvalue weighted by Gasteiger charge is 2.10. The molecule has 1 nitrogen and oxygen atoms in total. The highest BCUT2D eigenvalue weighted by atomic mass is 79.9. The predicted octanol–water partition coefficient (Wildman–Crippen LogP) is 3.26. The Labute approximate surface area is 76.9 Å². The second-order valence-electron chi connectivity index (χ2n) is 2.13. The van der Waals surface area contributed by atoms with Gasteiger partial charge in [-0.3, -0.25) is 0 Å². The van der Waals surface area contributed by atoms with E-state index in [1.165, 1.54) is 0 Å². The van der Waals surface area contributed by atoms with Crippen LogP contribution < -0.4 is 0 Å². The Morgan fingerprint density at radius 2 is 2.18 bits per heavy atom. The van der Waals surface area contributed by atoms with Gasteiger partial charge >= 0.3 is 0 Å². The molecule has 60 valence electrons. The molecule has 4 heteroatoms. The monoisotopic (exact) mass is 238 g/mol. The minimum Gasteiger partial charge on any atom is -0.505 e. The van der Waals surface area contributed by atoms with Gasteiger partial charge in [0.2, 0.25) is 0 Å². The first-order chi connectivity index (χ1) is 5.04. The molecule has 0 fully saturated rings. The Bertz CT molecular complexity index is 275. The van der Waals surface area contributed by atoms with E-state index < -0.39 is 5.82 Å². The van der Waals surface area contributed by atoms with Crippen LogP contribution in [0.1, 0.15) is 5.56 Å². The Balaban J connectivity index is 3.46. The van der Waals surface area contributed by atoms with Crippen molar-refractivity contribution in [1.82, 2.24) is 0 Å². The summed E-state index contributed by atoms with van der Waals surface area (Å²) in [4.78, 5) is 0. The van der Waals surface area contributed by atoms with Crippen LogP contribution in [0.25, 0.3) is 0 Å². The molecule has 0 unspecified atom stereocenters. The number of benzene rings is 1. The highest BCUT2D eigenvalue weighted by molar-refractivity contribution is 9.10. The summed E-state index contributed by atoms with van der Waals surface area (Å²) in [7, 11) is 0. The summed E-state index contributed by atoms with van der Waals surface area (Å²) in [5, 5.41) is 9.18. The van der Waals surface area contributed by atoms with Crippen molar-refractivity contribution in [3.63, 3.8) is 0 Å². The van der Waals surface area contributed by atoms with Crippen LogP contribution in [0.2, 0.25) is 5.02 Å². The predicted molar refractivity (Wildman–Crippen MR) is 45.5 cm³/mol. The van der Waals surface area contributed by atoms with E-state index in [-0.39, 0.29) is 10.8 Å². The van der Waals surface area contributed by atoms with Gasteiger partial charge in [-0.05, 0) is 28.9 Å². The van der Waals surface area contributed by atoms with Gasteiger partial charge in [-0.15, -0.1) is 0 Å². The maximum absolute atomic E-state index is 12.8. The van der Waals surface area contributed by atoms with Crippen molar-refractivity contribution in [1.29, 1.82) is 0 Å². The van der Waals surface area contributed by atoms with E-state index in [9.17, 15) is 4.39 Å². The van der Waals surface area contributed by atoms with Gasteiger partial charge < -0.3 is 5.11 Å². The summed E-state index contributed by atoms with van der Waals surface area (Å²) >= 11 is 8.48. The van der Waals surface area contributed by atoms with Crippen molar-refractivity contribution in [3.8, 4) is 5.75 Å². The molecule has 0 bridgehead atoms. The zero-order valence-electron chi connectivity index (χ0n) is 5.66. The average Bonchev–Trinajstić information content (AvgIpc) is 1.97. The number of aromatic hydroxyl groups is 1.